The van der Waals surface area contributed by atoms with Crippen molar-refractivity contribution >= 4 is 6.09 Å². The molecular formula is C13H21NO4. The zero-order chi connectivity index (χ0) is 12.8. The van der Waals surface area contributed by atoms with Gasteiger partial charge >= 0.3 is 6.09 Å². The Morgan fingerprint density at radius 1 is 1.33 bits per heavy atom. The molecule has 3 rings (SSSR count). The fraction of sp³-hybridized carbons (Fsp3) is 0.923. The summed E-state index contributed by atoms with van der Waals surface area (Å²) in [7, 11) is 0. The molecular weight excluding hydrogens is 234 g/mol. The van der Waals surface area contributed by atoms with E-state index in [0.29, 0.717) is 19.8 Å². The molecule has 1 saturated carbocycles. The lowest BCUT2D eigenvalue weighted by Crippen LogP contribution is -2.60. The van der Waals surface area contributed by atoms with Crippen LogP contribution < -0.4 is 0 Å². The van der Waals surface area contributed by atoms with Gasteiger partial charge in [0, 0.05) is 0 Å². The number of ether oxygens (including phenoxy) is 3. The maximum atomic E-state index is 12.2. The molecule has 0 bridgehead atoms. The van der Waals surface area contributed by atoms with E-state index < -0.39 is 0 Å². The quantitative estimate of drug-likeness (QED) is 0.713. The SMILES string of the molecule is CC1(C)CN(C(=O)OC2CCC2)[C@@H]2COC[C@H]2O1. The van der Waals surface area contributed by atoms with E-state index in [4.69, 9.17) is 14.2 Å². The van der Waals surface area contributed by atoms with Gasteiger partial charge in [-0.3, -0.25) is 4.90 Å². The minimum Gasteiger partial charge on any atom is -0.446 e. The summed E-state index contributed by atoms with van der Waals surface area (Å²) in [6.45, 7) is 5.71. The highest BCUT2D eigenvalue weighted by Crippen LogP contribution is 2.31. The van der Waals surface area contributed by atoms with Crippen LogP contribution in [0.25, 0.3) is 0 Å². The number of carbonyl (C=O) groups is 1. The van der Waals surface area contributed by atoms with Crippen molar-refractivity contribution in [1.29, 1.82) is 0 Å². The molecule has 0 aromatic rings. The molecule has 18 heavy (non-hydrogen) atoms. The maximum absolute atomic E-state index is 12.2. The third kappa shape index (κ3) is 2.21. The van der Waals surface area contributed by atoms with Gasteiger partial charge in [-0.05, 0) is 33.1 Å². The molecule has 0 spiro atoms. The molecule has 0 aromatic carbocycles. The predicted octanol–water partition coefficient (Wildman–Crippen LogP) is 1.55. The first-order valence-electron chi connectivity index (χ1n) is 6.78. The number of rotatable bonds is 1. The molecule has 3 fully saturated rings. The summed E-state index contributed by atoms with van der Waals surface area (Å²) in [5.74, 6) is 0. The van der Waals surface area contributed by atoms with Crippen LogP contribution in [0, 0.1) is 0 Å². The van der Waals surface area contributed by atoms with Crippen LogP contribution in [-0.2, 0) is 14.2 Å². The number of carbonyl (C=O) groups excluding carboxylic acids is 1. The molecule has 0 aromatic heterocycles. The molecule has 2 aliphatic heterocycles. The lowest BCUT2D eigenvalue weighted by Gasteiger charge is -2.45. The zero-order valence-electron chi connectivity index (χ0n) is 11.1. The van der Waals surface area contributed by atoms with E-state index in [1.807, 2.05) is 13.8 Å². The topological polar surface area (TPSA) is 48.0 Å². The van der Waals surface area contributed by atoms with Crippen LogP contribution in [0.3, 0.4) is 0 Å². The molecule has 2 atom stereocenters. The van der Waals surface area contributed by atoms with Crippen LogP contribution in [0.15, 0.2) is 0 Å². The van der Waals surface area contributed by atoms with Gasteiger partial charge in [-0.1, -0.05) is 0 Å². The van der Waals surface area contributed by atoms with Crippen molar-refractivity contribution in [3.63, 3.8) is 0 Å². The van der Waals surface area contributed by atoms with Crippen molar-refractivity contribution in [3.8, 4) is 0 Å². The van der Waals surface area contributed by atoms with Crippen molar-refractivity contribution in [1.82, 2.24) is 4.90 Å². The summed E-state index contributed by atoms with van der Waals surface area (Å²) in [4.78, 5) is 14.0. The monoisotopic (exact) mass is 255 g/mol. The molecule has 1 aliphatic carbocycles. The summed E-state index contributed by atoms with van der Waals surface area (Å²) in [5.41, 5.74) is -0.326. The highest BCUT2D eigenvalue weighted by atomic mass is 16.6. The highest BCUT2D eigenvalue weighted by molar-refractivity contribution is 5.69. The summed E-state index contributed by atoms with van der Waals surface area (Å²) < 4.78 is 16.9. The molecule has 0 unspecified atom stereocenters. The zero-order valence-corrected chi connectivity index (χ0v) is 11.1. The van der Waals surface area contributed by atoms with E-state index in [1.165, 1.54) is 6.42 Å². The molecule has 3 aliphatic rings. The first kappa shape index (κ1) is 12.2. The van der Waals surface area contributed by atoms with Gasteiger partial charge in [-0.2, -0.15) is 0 Å². The number of morpholine rings is 1. The Balaban J connectivity index is 1.69. The van der Waals surface area contributed by atoms with E-state index in [-0.39, 0.29) is 29.9 Å². The first-order chi connectivity index (χ1) is 8.55. The van der Waals surface area contributed by atoms with Gasteiger partial charge in [0.25, 0.3) is 0 Å². The minimum atomic E-state index is -0.326. The number of hydrogen-bond donors (Lipinski definition) is 0. The van der Waals surface area contributed by atoms with Crippen molar-refractivity contribution in [3.05, 3.63) is 0 Å². The standard InChI is InChI=1S/C13H21NO4/c1-13(2)8-14(10-6-16-7-11(10)18-13)12(15)17-9-4-3-5-9/h9-11H,3-8H2,1-2H3/t10-,11-/m1/s1. The summed E-state index contributed by atoms with van der Waals surface area (Å²) >= 11 is 0. The lowest BCUT2D eigenvalue weighted by molar-refractivity contribution is -0.144. The Hall–Kier alpha value is -0.810. The molecule has 5 nitrogen and oxygen atoms in total. The van der Waals surface area contributed by atoms with Crippen LogP contribution >= 0.6 is 0 Å². The second-order valence-corrected chi connectivity index (χ2v) is 6.09. The van der Waals surface area contributed by atoms with Crippen LogP contribution in [0.4, 0.5) is 4.79 Å². The van der Waals surface area contributed by atoms with Gasteiger partial charge in [-0.15, -0.1) is 0 Å². The van der Waals surface area contributed by atoms with Crippen molar-refractivity contribution in [2.24, 2.45) is 0 Å². The Morgan fingerprint density at radius 3 is 2.78 bits per heavy atom. The second kappa shape index (κ2) is 4.38. The van der Waals surface area contributed by atoms with Crippen LogP contribution in [0.5, 0.6) is 0 Å². The number of hydrogen-bond acceptors (Lipinski definition) is 4. The molecule has 5 heteroatoms. The van der Waals surface area contributed by atoms with E-state index in [9.17, 15) is 4.79 Å². The Labute approximate surface area is 107 Å². The van der Waals surface area contributed by atoms with Crippen molar-refractivity contribution < 1.29 is 19.0 Å². The number of fused-ring (bicyclic) bond motifs is 1. The predicted molar refractivity (Wildman–Crippen MR) is 64.4 cm³/mol. The smallest absolute Gasteiger partial charge is 0.410 e. The van der Waals surface area contributed by atoms with Gasteiger partial charge < -0.3 is 14.2 Å². The molecule has 0 radical (unpaired) electrons. The van der Waals surface area contributed by atoms with Crippen LogP contribution in [0.1, 0.15) is 33.1 Å². The highest BCUT2D eigenvalue weighted by Gasteiger charge is 2.47. The van der Waals surface area contributed by atoms with Crippen LogP contribution in [0.2, 0.25) is 0 Å². The van der Waals surface area contributed by atoms with Crippen molar-refractivity contribution in [2.75, 3.05) is 19.8 Å². The third-order valence-corrected chi connectivity index (χ3v) is 3.98. The minimum absolute atomic E-state index is 0.0114. The summed E-state index contributed by atoms with van der Waals surface area (Å²) in [6, 6.07) is 0.0191. The molecule has 2 heterocycles. The average Bonchev–Trinajstić information content (AvgIpc) is 2.68. The van der Waals surface area contributed by atoms with Gasteiger partial charge in [0.2, 0.25) is 0 Å². The molecule has 2 saturated heterocycles. The van der Waals surface area contributed by atoms with E-state index >= 15 is 0 Å². The third-order valence-electron chi connectivity index (χ3n) is 3.98. The van der Waals surface area contributed by atoms with Crippen molar-refractivity contribution in [2.45, 2.75) is 57.0 Å². The number of nitrogens with zero attached hydrogens (tertiary/aromatic N) is 1. The Kier molecular flexibility index (Phi) is 2.98. The van der Waals surface area contributed by atoms with Gasteiger partial charge in [0.05, 0.1) is 31.4 Å². The molecule has 1 amide bonds. The fourth-order valence-electron chi connectivity index (χ4n) is 2.80. The lowest BCUT2D eigenvalue weighted by atomic mass is 9.96. The average molecular weight is 255 g/mol. The van der Waals surface area contributed by atoms with Gasteiger partial charge in [-0.25, -0.2) is 4.79 Å². The van der Waals surface area contributed by atoms with Crippen LogP contribution in [-0.4, -0.2) is 54.6 Å². The Morgan fingerprint density at radius 2 is 2.11 bits per heavy atom. The Bertz CT molecular complexity index is 340. The van der Waals surface area contributed by atoms with E-state index in [0.717, 1.165) is 12.8 Å². The summed E-state index contributed by atoms with van der Waals surface area (Å²) in [5, 5.41) is 0. The number of amides is 1. The largest absolute Gasteiger partial charge is 0.446 e. The van der Waals surface area contributed by atoms with Gasteiger partial charge in [0.15, 0.2) is 0 Å². The molecule has 102 valence electrons. The normalized spacial score (nSPS) is 34.9. The maximum Gasteiger partial charge on any atom is 0.410 e. The first-order valence-corrected chi connectivity index (χ1v) is 6.78. The van der Waals surface area contributed by atoms with Gasteiger partial charge in [0.1, 0.15) is 12.2 Å². The second-order valence-electron chi connectivity index (χ2n) is 6.09. The fourth-order valence-corrected chi connectivity index (χ4v) is 2.80. The summed E-state index contributed by atoms with van der Waals surface area (Å²) in [6.07, 6.45) is 3.10. The van der Waals surface area contributed by atoms with E-state index in [2.05, 4.69) is 0 Å². The van der Waals surface area contributed by atoms with E-state index in [1.54, 1.807) is 4.90 Å². The molecule has 0 N–H and O–H groups in total.